The molecular formula is C13H24N2O. The van der Waals surface area contributed by atoms with Crippen molar-refractivity contribution in [2.75, 3.05) is 39.5 Å². The molecule has 2 atom stereocenters. The molecule has 0 amide bonds. The Labute approximate surface area is 98.7 Å². The Kier molecular flexibility index (Phi) is 2.94. The van der Waals surface area contributed by atoms with E-state index in [2.05, 4.69) is 16.7 Å². The molecule has 1 aliphatic carbocycles. The van der Waals surface area contributed by atoms with Gasteiger partial charge in [-0.3, -0.25) is 4.90 Å². The molecule has 3 fully saturated rings. The van der Waals surface area contributed by atoms with E-state index >= 15 is 0 Å². The average molecular weight is 224 g/mol. The highest BCUT2D eigenvalue weighted by Crippen LogP contribution is 2.50. The van der Waals surface area contributed by atoms with Crippen LogP contribution in [-0.4, -0.2) is 55.4 Å². The van der Waals surface area contributed by atoms with E-state index in [1.165, 1.54) is 51.9 Å². The van der Waals surface area contributed by atoms with Gasteiger partial charge in [-0.25, -0.2) is 0 Å². The highest BCUT2D eigenvalue weighted by atomic mass is 16.5. The van der Waals surface area contributed by atoms with Crippen molar-refractivity contribution in [2.24, 2.45) is 5.41 Å². The van der Waals surface area contributed by atoms with Crippen molar-refractivity contribution >= 4 is 0 Å². The van der Waals surface area contributed by atoms with Gasteiger partial charge in [-0.05, 0) is 44.2 Å². The van der Waals surface area contributed by atoms with Crippen molar-refractivity contribution < 1.29 is 4.74 Å². The SMILES string of the molecule is CCN1CCC2(CCC2N2CCCOC2)C1. The van der Waals surface area contributed by atoms with Crippen LogP contribution in [0.2, 0.25) is 0 Å². The number of hydrogen-bond donors (Lipinski definition) is 0. The van der Waals surface area contributed by atoms with Crippen LogP contribution in [0.4, 0.5) is 0 Å². The predicted octanol–water partition coefficient (Wildman–Crippen LogP) is 1.54. The van der Waals surface area contributed by atoms with Crippen molar-refractivity contribution in [3.63, 3.8) is 0 Å². The first-order valence-electron chi connectivity index (χ1n) is 6.88. The van der Waals surface area contributed by atoms with E-state index in [1.807, 2.05) is 0 Å². The fraction of sp³-hybridized carbons (Fsp3) is 1.00. The van der Waals surface area contributed by atoms with Crippen molar-refractivity contribution in [2.45, 2.75) is 38.6 Å². The molecule has 3 heteroatoms. The van der Waals surface area contributed by atoms with E-state index < -0.39 is 0 Å². The molecule has 0 aromatic rings. The topological polar surface area (TPSA) is 15.7 Å². The molecule has 0 bridgehead atoms. The van der Waals surface area contributed by atoms with E-state index in [1.54, 1.807) is 0 Å². The quantitative estimate of drug-likeness (QED) is 0.707. The molecule has 3 rings (SSSR count). The van der Waals surface area contributed by atoms with E-state index in [-0.39, 0.29) is 0 Å². The second-order valence-corrected chi connectivity index (χ2v) is 5.74. The molecule has 2 saturated heterocycles. The largest absolute Gasteiger partial charge is 0.366 e. The van der Waals surface area contributed by atoms with Gasteiger partial charge < -0.3 is 9.64 Å². The van der Waals surface area contributed by atoms with E-state index in [4.69, 9.17) is 4.74 Å². The Morgan fingerprint density at radius 2 is 2.25 bits per heavy atom. The molecule has 0 aromatic carbocycles. The summed E-state index contributed by atoms with van der Waals surface area (Å²) in [5, 5.41) is 0. The number of likely N-dealkylation sites (tertiary alicyclic amines) is 1. The smallest absolute Gasteiger partial charge is 0.0992 e. The van der Waals surface area contributed by atoms with Crippen LogP contribution in [0.1, 0.15) is 32.6 Å². The molecular weight excluding hydrogens is 200 g/mol. The Bertz CT molecular complexity index is 252. The van der Waals surface area contributed by atoms with Crippen molar-refractivity contribution in [3.8, 4) is 0 Å². The van der Waals surface area contributed by atoms with Crippen LogP contribution in [0.25, 0.3) is 0 Å². The van der Waals surface area contributed by atoms with Gasteiger partial charge in [0.25, 0.3) is 0 Å². The Balaban J connectivity index is 1.64. The lowest BCUT2D eigenvalue weighted by molar-refractivity contribution is -0.104. The van der Waals surface area contributed by atoms with E-state index in [0.29, 0.717) is 5.41 Å². The van der Waals surface area contributed by atoms with Crippen LogP contribution < -0.4 is 0 Å². The molecule has 92 valence electrons. The zero-order valence-electron chi connectivity index (χ0n) is 10.5. The van der Waals surface area contributed by atoms with E-state index in [9.17, 15) is 0 Å². The Morgan fingerprint density at radius 1 is 1.31 bits per heavy atom. The van der Waals surface area contributed by atoms with Crippen LogP contribution in [0.5, 0.6) is 0 Å². The lowest BCUT2D eigenvalue weighted by Crippen LogP contribution is -2.58. The summed E-state index contributed by atoms with van der Waals surface area (Å²) in [4.78, 5) is 5.23. The first-order valence-corrected chi connectivity index (χ1v) is 6.88. The molecule has 1 spiro atoms. The van der Waals surface area contributed by atoms with Crippen molar-refractivity contribution in [1.82, 2.24) is 9.80 Å². The first kappa shape index (κ1) is 11.0. The number of rotatable bonds is 2. The lowest BCUT2D eigenvalue weighted by Gasteiger charge is -2.53. The molecule has 2 aliphatic heterocycles. The summed E-state index contributed by atoms with van der Waals surface area (Å²) in [6.45, 7) is 9.29. The minimum Gasteiger partial charge on any atom is -0.366 e. The highest BCUT2D eigenvalue weighted by molar-refractivity contribution is 5.06. The van der Waals surface area contributed by atoms with Crippen molar-refractivity contribution in [1.29, 1.82) is 0 Å². The van der Waals surface area contributed by atoms with Gasteiger partial charge in [0.2, 0.25) is 0 Å². The van der Waals surface area contributed by atoms with Crippen LogP contribution in [-0.2, 0) is 4.74 Å². The van der Waals surface area contributed by atoms with Gasteiger partial charge in [-0.1, -0.05) is 6.92 Å². The van der Waals surface area contributed by atoms with Crippen LogP contribution in [0, 0.1) is 5.41 Å². The second kappa shape index (κ2) is 4.28. The number of hydrogen-bond acceptors (Lipinski definition) is 3. The first-order chi connectivity index (χ1) is 7.84. The lowest BCUT2D eigenvalue weighted by atomic mass is 9.63. The summed E-state index contributed by atoms with van der Waals surface area (Å²) >= 11 is 0. The molecule has 0 radical (unpaired) electrons. The third kappa shape index (κ3) is 1.69. The second-order valence-electron chi connectivity index (χ2n) is 5.74. The fourth-order valence-corrected chi connectivity index (χ4v) is 3.84. The van der Waals surface area contributed by atoms with Gasteiger partial charge in [0.05, 0.1) is 6.73 Å². The minimum absolute atomic E-state index is 0.636. The molecule has 3 nitrogen and oxygen atoms in total. The molecule has 1 saturated carbocycles. The summed E-state index contributed by atoms with van der Waals surface area (Å²) in [6.07, 6.45) is 5.50. The van der Waals surface area contributed by atoms with Gasteiger partial charge in [-0.15, -0.1) is 0 Å². The van der Waals surface area contributed by atoms with Crippen molar-refractivity contribution in [3.05, 3.63) is 0 Å². The zero-order chi connectivity index (χ0) is 11.0. The summed E-state index contributed by atoms with van der Waals surface area (Å²) < 4.78 is 5.61. The highest BCUT2D eigenvalue weighted by Gasteiger charge is 2.52. The third-order valence-electron chi connectivity index (χ3n) is 4.97. The predicted molar refractivity (Wildman–Crippen MR) is 64.3 cm³/mol. The molecule has 0 N–H and O–H groups in total. The summed E-state index contributed by atoms with van der Waals surface area (Å²) in [7, 11) is 0. The maximum atomic E-state index is 5.61. The number of nitrogens with zero attached hydrogens (tertiary/aromatic N) is 2. The molecule has 16 heavy (non-hydrogen) atoms. The zero-order valence-corrected chi connectivity index (χ0v) is 10.5. The maximum absolute atomic E-state index is 5.61. The number of ether oxygens (including phenoxy) is 1. The van der Waals surface area contributed by atoms with Crippen LogP contribution in [0.3, 0.4) is 0 Å². The fourth-order valence-electron chi connectivity index (χ4n) is 3.84. The van der Waals surface area contributed by atoms with Crippen LogP contribution in [0.15, 0.2) is 0 Å². The molecule has 3 aliphatic rings. The Hall–Kier alpha value is -0.120. The van der Waals surface area contributed by atoms with Gasteiger partial charge in [0.15, 0.2) is 0 Å². The normalized spacial score (nSPS) is 41.4. The average Bonchev–Trinajstić information content (AvgIpc) is 2.75. The van der Waals surface area contributed by atoms with Crippen LogP contribution >= 0.6 is 0 Å². The summed E-state index contributed by atoms with van der Waals surface area (Å²) in [5.41, 5.74) is 0.636. The van der Waals surface area contributed by atoms with Gasteiger partial charge in [-0.2, -0.15) is 0 Å². The Morgan fingerprint density at radius 3 is 2.81 bits per heavy atom. The van der Waals surface area contributed by atoms with Gasteiger partial charge >= 0.3 is 0 Å². The molecule has 2 unspecified atom stereocenters. The third-order valence-corrected chi connectivity index (χ3v) is 4.97. The summed E-state index contributed by atoms with van der Waals surface area (Å²) in [6, 6.07) is 0.823. The van der Waals surface area contributed by atoms with Gasteiger partial charge in [0.1, 0.15) is 0 Å². The maximum Gasteiger partial charge on any atom is 0.0992 e. The molecule has 2 heterocycles. The van der Waals surface area contributed by atoms with Gasteiger partial charge in [0, 0.05) is 25.7 Å². The van der Waals surface area contributed by atoms with E-state index in [0.717, 1.165) is 19.4 Å². The minimum atomic E-state index is 0.636. The molecule has 0 aromatic heterocycles. The monoisotopic (exact) mass is 224 g/mol. The summed E-state index contributed by atoms with van der Waals surface area (Å²) in [5.74, 6) is 0. The standard InChI is InChI=1S/C13H24N2O/c1-2-14-8-6-13(10-14)5-4-12(13)15-7-3-9-16-11-15/h12H,2-11H2,1H3.